The maximum Gasteiger partial charge on any atom is 0.267 e. The van der Waals surface area contributed by atoms with Crippen molar-refractivity contribution in [3.05, 3.63) is 37.4 Å². The first-order valence-electron chi connectivity index (χ1n) is 5.49. The Hall–Kier alpha value is -0.800. The van der Waals surface area contributed by atoms with E-state index in [9.17, 15) is 8.42 Å². The molecule has 110 valence electrons. The molecule has 0 bridgehead atoms. The van der Waals surface area contributed by atoms with Crippen molar-refractivity contribution in [3.8, 4) is 0 Å². The van der Waals surface area contributed by atoms with Crippen LogP contribution in [0.15, 0.2) is 33.6 Å². The number of benzene rings is 1. The van der Waals surface area contributed by atoms with Crippen molar-refractivity contribution in [1.29, 1.82) is 0 Å². The smallest absolute Gasteiger partial charge is 0.267 e. The molecule has 0 amide bonds. The van der Waals surface area contributed by atoms with E-state index in [0.717, 1.165) is 16.9 Å². The predicted molar refractivity (Wildman–Crippen MR) is 88.9 cm³/mol. The number of halogens is 3. The summed E-state index contributed by atoms with van der Waals surface area (Å²) in [4.78, 5) is 6.94. The van der Waals surface area contributed by atoms with E-state index in [4.69, 9.17) is 23.2 Å². The first kappa shape index (κ1) is 15.1. The van der Waals surface area contributed by atoms with Gasteiger partial charge in [-0.2, -0.15) is 0 Å². The summed E-state index contributed by atoms with van der Waals surface area (Å²) in [5.41, 5.74) is 1.38. The minimum Gasteiger partial charge on any atom is -0.323 e. The second kappa shape index (κ2) is 5.44. The van der Waals surface area contributed by atoms with Gasteiger partial charge in [0.25, 0.3) is 10.0 Å². The van der Waals surface area contributed by atoms with Gasteiger partial charge < -0.3 is 4.98 Å². The molecule has 0 radical (unpaired) electrons. The van der Waals surface area contributed by atoms with Gasteiger partial charge >= 0.3 is 0 Å². The van der Waals surface area contributed by atoms with Gasteiger partial charge in [0.1, 0.15) is 13.6 Å². The van der Waals surface area contributed by atoms with Crippen LogP contribution in [0.2, 0.25) is 8.67 Å². The van der Waals surface area contributed by atoms with Gasteiger partial charge in [-0.05, 0) is 28.1 Å². The van der Waals surface area contributed by atoms with Crippen molar-refractivity contribution in [2.45, 2.75) is 4.90 Å². The number of rotatable bonds is 3. The van der Waals surface area contributed by atoms with Crippen LogP contribution in [0, 0.1) is 0 Å². The van der Waals surface area contributed by atoms with Crippen LogP contribution in [0.4, 0.5) is 5.95 Å². The van der Waals surface area contributed by atoms with Gasteiger partial charge in [0.2, 0.25) is 5.95 Å². The number of thiophene rings is 1. The molecule has 0 unspecified atom stereocenters. The maximum absolute atomic E-state index is 12.4. The van der Waals surface area contributed by atoms with Crippen molar-refractivity contribution in [2.75, 3.05) is 4.72 Å². The molecular formula is C11H6BrCl2N3O2S2. The minimum absolute atomic E-state index is 0.0792. The van der Waals surface area contributed by atoms with Gasteiger partial charge in [-0.3, -0.25) is 0 Å². The molecule has 21 heavy (non-hydrogen) atoms. The molecule has 1 aromatic carbocycles. The standard InChI is InChI=1S/C11H6BrCl2N3O2S2/c12-7-8(10(14)20-9(7)13)21(18,19)17-11-15-5-3-1-2-4-6(5)16-11/h1-4H,(H2,15,16,17). The minimum atomic E-state index is -3.90. The maximum atomic E-state index is 12.4. The molecule has 0 aliphatic heterocycles. The Morgan fingerprint density at radius 1 is 1.24 bits per heavy atom. The molecule has 0 fully saturated rings. The Morgan fingerprint density at radius 3 is 2.57 bits per heavy atom. The third-order valence-electron chi connectivity index (χ3n) is 2.62. The molecule has 5 nitrogen and oxygen atoms in total. The number of aromatic amines is 1. The van der Waals surface area contributed by atoms with Gasteiger partial charge in [0.05, 0.1) is 15.5 Å². The Morgan fingerprint density at radius 2 is 1.95 bits per heavy atom. The third kappa shape index (κ3) is 2.78. The van der Waals surface area contributed by atoms with Crippen LogP contribution in [-0.4, -0.2) is 18.4 Å². The number of fused-ring (bicyclic) bond motifs is 1. The van der Waals surface area contributed by atoms with Crippen molar-refractivity contribution >= 4 is 77.5 Å². The van der Waals surface area contributed by atoms with E-state index in [0.29, 0.717) is 5.52 Å². The van der Waals surface area contributed by atoms with Gasteiger partial charge in [-0.15, -0.1) is 11.3 Å². The highest BCUT2D eigenvalue weighted by Gasteiger charge is 2.27. The number of imidazole rings is 1. The fourth-order valence-corrected chi connectivity index (χ4v) is 6.27. The molecule has 0 atom stereocenters. The lowest BCUT2D eigenvalue weighted by Crippen LogP contribution is -2.14. The van der Waals surface area contributed by atoms with E-state index in [2.05, 4.69) is 30.6 Å². The summed E-state index contributed by atoms with van der Waals surface area (Å²) in [6.07, 6.45) is 0. The molecular weight excluding hydrogens is 421 g/mol. The second-order valence-corrected chi connectivity index (χ2v) is 8.64. The first-order valence-corrected chi connectivity index (χ1v) is 9.34. The number of hydrogen-bond donors (Lipinski definition) is 2. The number of nitrogens with one attached hydrogen (secondary N) is 2. The van der Waals surface area contributed by atoms with Crippen LogP contribution in [0.3, 0.4) is 0 Å². The fraction of sp³-hybridized carbons (Fsp3) is 0. The van der Waals surface area contributed by atoms with E-state index in [1.165, 1.54) is 0 Å². The van der Waals surface area contributed by atoms with Crippen LogP contribution in [0.25, 0.3) is 11.0 Å². The van der Waals surface area contributed by atoms with Crippen LogP contribution in [0.5, 0.6) is 0 Å². The second-order valence-electron chi connectivity index (χ2n) is 4.00. The first-order chi connectivity index (χ1) is 9.88. The molecule has 3 aromatic rings. The van der Waals surface area contributed by atoms with Gasteiger partial charge in [-0.1, -0.05) is 35.3 Å². The topological polar surface area (TPSA) is 74.8 Å². The van der Waals surface area contributed by atoms with Crippen LogP contribution in [-0.2, 0) is 10.0 Å². The SMILES string of the molecule is O=S(=O)(Nc1nc2ccccc2[nH]1)c1c(Cl)sc(Cl)c1Br. The molecule has 2 N–H and O–H groups in total. The van der Waals surface area contributed by atoms with Crippen molar-refractivity contribution in [1.82, 2.24) is 9.97 Å². The van der Waals surface area contributed by atoms with E-state index in [1.807, 2.05) is 12.1 Å². The predicted octanol–water partition coefficient (Wildman–Crippen LogP) is 4.49. The summed E-state index contributed by atoms with van der Waals surface area (Å²) in [5, 5.41) is 0. The Kier molecular flexibility index (Phi) is 3.91. The number of nitrogens with zero attached hydrogens (tertiary/aromatic N) is 1. The summed E-state index contributed by atoms with van der Waals surface area (Å²) in [6, 6.07) is 7.21. The van der Waals surface area contributed by atoms with Crippen molar-refractivity contribution in [3.63, 3.8) is 0 Å². The molecule has 2 aromatic heterocycles. The zero-order valence-corrected chi connectivity index (χ0v) is 14.8. The summed E-state index contributed by atoms with van der Waals surface area (Å²) < 4.78 is 27.7. The molecule has 2 heterocycles. The summed E-state index contributed by atoms with van der Waals surface area (Å²) in [7, 11) is -3.90. The van der Waals surface area contributed by atoms with Crippen molar-refractivity contribution in [2.24, 2.45) is 0 Å². The lowest BCUT2D eigenvalue weighted by atomic mass is 10.3. The highest BCUT2D eigenvalue weighted by atomic mass is 79.9. The molecule has 0 saturated heterocycles. The lowest BCUT2D eigenvalue weighted by molar-refractivity contribution is 0.601. The number of hydrogen-bond acceptors (Lipinski definition) is 4. The Bertz CT molecular complexity index is 903. The lowest BCUT2D eigenvalue weighted by Gasteiger charge is -2.04. The quantitative estimate of drug-likeness (QED) is 0.647. The van der Waals surface area contributed by atoms with Crippen LogP contribution < -0.4 is 4.72 Å². The summed E-state index contributed by atoms with van der Waals surface area (Å²) in [6.45, 7) is 0. The third-order valence-corrected chi connectivity index (χ3v) is 7.42. The molecule has 0 saturated carbocycles. The number of anilines is 1. The van der Waals surface area contributed by atoms with Crippen LogP contribution >= 0.6 is 50.5 Å². The van der Waals surface area contributed by atoms with Crippen LogP contribution in [0.1, 0.15) is 0 Å². The highest BCUT2D eigenvalue weighted by Crippen LogP contribution is 2.43. The summed E-state index contributed by atoms with van der Waals surface area (Å²) >= 11 is 15.9. The molecule has 0 aliphatic rings. The van der Waals surface area contributed by atoms with Gasteiger partial charge in [0.15, 0.2) is 0 Å². The van der Waals surface area contributed by atoms with E-state index >= 15 is 0 Å². The molecule has 0 spiro atoms. The summed E-state index contributed by atoms with van der Waals surface area (Å²) in [5.74, 6) is 0.112. The normalized spacial score (nSPS) is 12.0. The molecule has 10 heteroatoms. The number of H-pyrrole nitrogens is 1. The zero-order valence-electron chi connectivity index (χ0n) is 10.0. The monoisotopic (exact) mass is 425 g/mol. The van der Waals surface area contributed by atoms with E-state index in [1.54, 1.807) is 12.1 Å². The zero-order chi connectivity index (χ0) is 15.2. The number of sulfonamides is 1. The van der Waals surface area contributed by atoms with E-state index in [-0.39, 0.29) is 24.0 Å². The average Bonchev–Trinajstić information content (AvgIpc) is 2.89. The molecule has 0 aliphatic carbocycles. The van der Waals surface area contributed by atoms with Gasteiger partial charge in [0, 0.05) is 0 Å². The Labute approximate surface area is 142 Å². The van der Waals surface area contributed by atoms with Gasteiger partial charge in [-0.25, -0.2) is 18.1 Å². The van der Waals surface area contributed by atoms with E-state index < -0.39 is 10.0 Å². The molecule has 3 rings (SSSR count). The average molecular weight is 427 g/mol. The highest BCUT2D eigenvalue weighted by molar-refractivity contribution is 9.10. The number of para-hydroxylation sites is 2. The largest absolute Gasteiger partial charge is 0.323 e. The Balaban J connectivity index is 2.03. The fourth-order valence-electron chi connectivity index (χ4n) is 1.75. The number of aromatic nitrogens is 2. The van der Waals surface area contributed by atoms with Crippen molar-refractivity contribution < 1.29 is 8.42 Å².